The first kappa shape index (κ1) is 54.7. The molecule has 74 heavy (non-hydrogen) atoms. The molecule has 8 aromatic rings. The molecule has 4 N–H and O–H groups in total. The van der Waals surface area contributed by atoms with Crippen LogP contribution in [0.1, 0.15) is 43.0 Å². The summed E-state index contributed by atoms with van der Waals surface area (Å²) in [6.45, 7) is 1.00. The van der Waals surface area contributed by atoms with Crippen LogP contribution >= 0.6 is 11.6 Å². The molecule has 6 aromatic carbocycles. The van der Waals surface area contributed by atoms with Crippen LogP contribution in [0.5, 0.6) is 11.5 Å². The van der Waals surface area contributed by atoms with Crippen molar-refractivity contribution in [2.24, 2.45) is 0 Å². The maximum absolute atomic E-state index is 12.8. The summed E-state index contributed by atoms with van der Waals surface area (Å²) in [5.41, 5.74) is 6.82. The normalized spacial score (nSPS) is 11.1. The van der Waals surface area contributed by atoms with Crippen molar-refractivity contribution in [3.63, 3.8) is 0 Å². The number of nitrogens with one attached hydrogen (secondary N) is 2. The third-order valence-electron chi connectivity index (χ3n) is 11.0. The molecular formula is C58H54BClN4O10. The van der Waals surface area contributed by atoms with Gasteiger partial charge < -0.3 is 39.6 Å². The number of halogens is 1. The summed E-state index contributed by atoms with van der Waals surface area (Å²) in [7, 11) is 1.16. The van der Waals surface area contributed by atoms with Gasteiger partial charge in [0.2, 0.25) is 0 Å². The van der Waals surface area contributed by atoms with E-state index in [1.165, 1.54) is 32.7 Å². The molecular weight excluding hydrogens is 959 g/mol. The van der Waals surface area contributed by atoms with Gasteiger partial charge in [-0.3, -0.25) is 14.6 Å². The fourth-order valence-electron chi connectivity index (χ4n) is 7.00. The van der Waals surface area contributed by atoms with Gasteiger partial charge in [-0.25, -0.2) is 14.6 Å². The average molecular weight is 1010 g/mol. The summed E-state index contributed by atoms with van der Waals surface area (Å²) >= 11 is 5.69. The van der Waals surface area contributed by atoms with E-state index >= 15 is 0 Å². The van der Waals surface area contributed by atoms with Crippen LogP contribution in [0.4, 0.5) is 0 Å². The van der Waals surface area contributed by atoms with Gasteiger partial charge in [-0.05, 0) is 88.4 Å². The number of amides is 2. The largest absolute Gasteiger partial charge is 0.489 e. The zero-order chi connectivity index (χ0) is 52.5. The fourth-order valence-corrected chi connectivity index (χ4v) is 7.11. The van der Waals surface area contributed by atoms with Crippen LogP contribution in [0.2, 0.25) is 5.15 Å². The Hall–Kier alpha value is -8.63. The highest BCUT2D eigenvalue weighted by molar-refractivity contribution is 6.58. The molecule has 0 aliphatic heterocycles. The van der Waals surface area contributed by atoms with Crippen LogP contribution in [0.3, 0.4) is 0 Å². The van der Waals surface area contributed by atoms with E-state index in [0.29, 0.717) is 53.5 Å². The second kappa shape index (κ2) is 29.0. The van der Waals surface area contributed by atoms with Gasteiger partial charge in [0.05, 0.1) is 31.0 Å². The predicted molar refractivity (Wildman–Crippen MR) is 284 cm³/mol. The van der Waals surface area contributed by atoms with Gasteiger partial charge in [-0.1, -0.05) is 145 Å². The molecule has 0 fully saturated rings. The fraction of sp³-hybridized carbons (Fsp3) is 0.138. The summed E-state index contributed by atoms with van der Waals surface area (Å²) in [5.74, 6) is -0.324. The summed E-state index contributed by atoms with van der Waals surface area (Å²) in [6.07, 6.45) is 3.54. The van der Waals surface area contributed by atoms with Crippen molar-refractivity contribution >= 4 is 47.9 Å². The van der Waals surface area contributed by atoms with Crippen LogP contribution in [-0.4, -0.2) is 77.2 Å². The Balaban J connectivity index is 0.000000196. The summed E-state index contributed by atoms with van der Waals surface area (Å²) < 4.78 is 21.0. The summed E-state index contributed by atoms with van der Waals surface area (Å²) in [6, 6.07) is 58.0. The number of rotatable bonds is 18. The Kier molecular flexibility index (Phi) is 21.5. The molecule has 0 spiro atoms. The molecule has 2 heterocycles. The van der Waals surface area contributed by atoms with Crippen LogP contribution in [-0.2, 0) is 45.1 Å². The van der Waals surface area contributed by atoms with E-state index < -0.39 is 37.0 Å². The Bertz CT molecular complexity index is 2960. The molecule has 16 heteroatoms. The number of ether oxygens (including phenoxy) is 4. The van der Waals surface area contributed by atoms with Crippen LogP contribution in [0, 0.1) is 0 Å². The highest BCUT2D eigenvalue weighted by atomic mass is 35.5. The molecule has 0 aliphatic carbocycles. The number of methoxy groups -OCH3 is 2. The van der Waals surface area contributed by atoms with Gasteiger partial charge in [-0.2, -0.15) is 0 Å². The molecule has 0 radical (unpaired) electrons. The number of pyridine rings is 2. The Morgan fingerprint density at radius 2 is 0.892 bits per heavy atom. The summed E-state index contributed by atoms with van der Waals surface area (Å²) in [5, 5.41) is 23.6. The average Bonchev–Trinajstić information content (AvgIpc) is 3.45. The first-order valence-corrected chi connectivity index (χ1v) is 23.7. The molecule has 2 atom stereocenters. The highest BCUT2D eigenvalue weighted by Crippen LogP contribution is 2.22. The lowest BCUT2D eigenvalue weighted by Crippen LogP contribution is -2.43. The molecule has 0 bridgehead atoms. The van der Waals surface area contributed by atoms with Crippen molar-refractivity contribution in [2.75, 3.05) is 14.2 Å². The standard InChI is InChI=1S/C29H26N2O4.C16H15ClN2O3.C13H13BO3/c1-34-29(33)27(18-21-8-4-2-5-9-21)31-28(32)24-14-17-26(30-19-24)23-12-15-25(16-13-23)35-20-22-10-6-3-7-11-22;1-22-16(21)13(9-11-5-3-2-4-6-11)19-15(20)12-7-8-14(17)18-10-12;15-14(16)12-6-8-13(9-7-12)17-10-11-4-2-1-3-5-11/h2-17,19,27H,18,20H2,1H3,(H,31,32);2-8,10,13H,9H2,1H3,(H,19,20);1-9,15-16H,10H2. The quantitative estimate of drug-likeness (QED) is 0.0368. The predicted octanol–water partition coefficient (Wildman–Crippen LogP) is 8.04. The number of esters is 2. The number of carbonyl (C=O) groups is 4. The van der Waals surface area contributed by atoms with Crippen molar-refractivity contribution in [3.8, 4) is 22.8 Å². The van der Waals surface area contributed by atoms with Crippen molar-refractivity contribution < 1.29 is 48.2 Å². The van der Waals surface area contributed by atoms with Gasteiger partial charge in [0.1, 0.15) is 41.9 Å². The number of nitrogens with zero attached hydrogens (tertiary/aromatic N) is 2. The SMILES string of the molecule is COC(=O)C(Cc1ccccc1)NC(=O)c1ccc(-c2ccc(OCc3ccccc3)cc2)nc1.COC(=O)C(Cc1ccccc1)NC(=O)c1ccc(Cl)nc1.OB(O)c1ccc(OCc2ccccc2)cc1. The van der Waals surface area contributed by atoms with Crippen molar-refractivity contribution in [3.05, 3.63) is 245 Å². The minimum Gasteiger partial charge on any atom is -0.489 e. The first-order chi connectivity index (χ1) is 36.0. The third kappa shape index (κ3) is 17.9. The van der Waals surface area contributed by atoms with Gasteiger partial charge >= 0.3 is 19.1 Å². The lowest BCUT2D eigenvalue weighted by molar-refractivity contribution is -0.143. The van der Waals surface area contributed by atoms with E-state index in [1.807, 2.05) is 146 Å². The molecule has 376 valence electrons. The van der Waals surface area contributed by atoms with E-state index in [0.717, 1.165) is 39.3 Å². The number of benzene rings is 6. The molecule has 2 unspecified atom stereocenters. The zero-order valence-electron chi connectivity index (χ0n) is 40.6. The van der Waals surface area contributed by atoms with Gasteiger partial charge in [0, 0.05) is 30.8 Å². The van der Waals surface area contributed by atoms with Crippen molar-refractivity contribution in [1.29, 1.82) is 0 Å². The van der Waals surface area contributed by atoms with Gasteiger partial charge in [0.15, 0.2) is 0 Å². The van der Waals surface area contributed by atoms with E-state index in [1.54, 1.807) is 42.5 Å². The number of carbonyl (C=O) groups excluding carboxylic acids is 4. The van der Waals surface area contributed by atoms with Crippen molar-refractivity contribution in [1.82, 2.24) is 20.6 Å². The molecule has 0 aliphatic rings. The number of aromatic nitrogens is 2. The lowest BCUT2D eigenvalue weighted by Gasteiger charge is -2.16. The first-order valence-electron chi connectivity index (χ1n) is 23.3. The van der Waals surface area contributed by atoms with Crippen LogP contribution < -0.4 is 25.6 Å². The maximum Gasteiger partial charge on any atom is 0.488 e. The lowest BCUT2D eigenvalue weighted by atomic mass is 9.80. The monoisotopic (exact) mass is 1010 g/mol. The Labute approximate surface area is 435 Å². The number of hydrogen-bond acceptors (Lipinski definition) is 12. The topological polar surface area (TPSA) is 195 Å². The van der Waals surface area contributed by atoms with E-state index in [-0.39, 0.29) is 5.91 Å². The van der Waals surface area contributed by atoms with Crippen LogP contribution in [0.15, 0.2) is 207 Å². The van der Waals surface area contributed by atoms with Crippen LogP contribution in [0.25, 0.3) is 11.3 Å². The molecule has 2 aromatic heterocycles. The molecule has 14 nitrogen and oxygen atoms in total. The van der Waals surface area contributed by atoms with E-state index in [4.69, 9.17) is 40.6 Å². The molecule has 0 saturated carbocycles. The second-order valence-electron chi connectivity index (χ2n) is 16.3. The van der Waals surface area contributed by atoms with E-state index in [2.05, 4.69) is 20.6 Å². The second-order valence-corrected chi connectivity index (χ2v) is 16.7. The third-order valence-corrected chi connectivity index (χ3v) is 11.2. The van der Waals surface area contributed by atoms with Gasteiger partial charge in [-0.15, -0.1) is 0 Å². The molecule has 8 rings (SSSR count). The van der Waals surface area contributed by atoms with Crippen molar-refractivity contribution in [2.45, 2.75) is 38.1 Å². The molecule has 2 amide bonds. The number of hydrogen-bond donors (Lipinski definition) is 4. The minimum atomic E-state index is -1.43. The Morgan fingerprint density at radius 3 is 1.26 bits per heavy atom. The Morgan fingerprint density at radius 1 is 0.500 bits per heavy atom. The van der Waals surface area contributed by atoms with E-state index in [9.17, 15) is 19.2 Å². The molecule has 0 saturated heterocycles. The maximum atomic E-state index is 12.8. The minimum absolute atomic E-state index is 0.297. The highest BCUT2D eigenvalue weighted by Gasteiger charge is 2.24. The summed E-state index contributed by atoms with van der Waals surface area (Å²) in [4.78, 5) is 57.3. The van der Waals surface area contributed by atoms with Gasteiger partial charge in [0.25, 0.3) is 11.8 Å². The smallest absolute Gasteiger partial charge is 0.488 e. The zero-order valence-corrected chi connectivity index (χ0v) is 41.4.